The van der Waals surface area contributed by atoms with Crippen molar-refractivity contribution in [2.45, 2.75) is 5.41 Å². The van der Waals surface area contributed by atoms with Crippen LogP contribution in [0.3, 0.4) is 0 Å². The van der Waals surface area contributed by atoms with Gasteiger partial charge in [0.05, 0.1) is 5.41 Å². The number of benzene rings is 8. The van der Waals surface area contributed by atoms with Crippen molar-refractivity contribution in [3.8, 4) is 11.1 Å². The van der Waals surface area contributed by atoms with Crippen LogP contribution in [0.5, 0.6) is 0 Å². The Bertz CT molecular complexity index is 2380. The minimum Gasteiger partial charge on any atom is -0.0887 e. The second-order valence-electron chi connectivity index (χ2n) is 13.9. The van der Waals surface area contributed by atoms with Gasteiger partial charge in [-0.1, -0.05) is 219 Å². The molecule has 0 N–H and O–H groups in total. The molecule has 8 aromatic rings. The summed E-state index contributed by atoms with van der Waals surface area (Å²) in [4.78, 5) is 0. The molecule has 1 aliphatic carbocycles. The Hall–Kier alpha value is -5.64. The molecule has 0 radical (unpaired) electrons. The van der Waals surface area contributed by atoms with Gasteiger partial charge in [-0.15, -0.1) is 0 Å². The number of fused-ring (bicyclic) bond motifs is 3. The largest absolute Gasteiger partial charge is 0.0887 e. The second kappa shape index (κ2) is 13.4. The molecule has 0 saturated heterocycles. The fourth-order valence-electron chi connectivity index (χ4n) is 8.60. The third-order valence-electron chi connectivity index (χ3n) is 11.2. The average Bonchev–Trinajstić information content (AvgIpc) is 3.55. The van der Waals surface area contributed by atoms with Gasteiger partial charge < -0.3 is 0 Å². The lowest BCUT2D eigenvalue weighted by molar-refractivity contribution is 0.770. The summed E-state index contributed by atoms with van der Waals surface area (Å²) in [6.45, 7) is -4.51. The molecule has 0 atom stereocenters. The number of rotatable bonds is 8. The minimum absolute atomic E-state index is 0.574. The third-order valence-corrected chi connectivity index (χ3v) is 18.2. The zero-order valence-electron chi connectivity index (χ0n) is 29.6. The molecule has 0 bridgehead atoms. The summed E-state index contributed by atoms with van der Waals surface area (Å²) in [5.74, 6) is 0. The van der Waals surface area contributed by atoms with Crippen molar-refractivity contribution in [2.24, 2.45) is 0 Å². The van der Waals surface area contributed by atoms with E-state index in [2.05, 4.69) is 218 Å². The smallest absolute Gasteiger partial charge is 0.0714 e. The van der Waals surface area contributed by atoms with Gasteiger partial charge in [-0.25, -0.2) is 0 Å². The predicted octanol–water partition coefficient (Wildman–Crippen LogP) is 9.50. The molecule has 0 unspecified atom stereocenters. The molecule has 0 heterocycles. The van der Waals surface area contributed by atoms with E-state index < -0.39 is 19.2 Å². The Morgan fingerprint density at radius 3 is 0.906 bits per heavy atom. The van der Waals surface area contributed by atoms with E-state index in [0.717, 1.165) is 0 Å². The Morgan fingerprint density at radius 1 is 0.283 bits per heavy atom. The highest BCUT2D eigenvalue weighted by atomic mass is 31.2. The lowest BCUT2D eigenvalue weighted by Gasteiger charge is -2.36. The van der Waals surface area contributed by atoms with Crippen LogP contribution in [-0.2, 0) is 5.41 Å². The van der Waals surface area contributed by atoms with Crippen molar-refractivity contribution in [3.63, 3.8) is 0 Å². The summed E-state index contributed by atoms with van der Waals surface area (Å²) in [6, 6.07) is 80.4. The standard InChI is InChI=1S/C51H40P2/c1-52(41-23-7-3-8-24-41,42-25-9-4-10-26-42)45-31-19-21-39(37-45)51(49-35-17-15-33-47(49)48-34-16-18-36-50(48)51)40-22-20-32-46(38-40)53(2,43-27-11-5-12-28-43)44-29-13-6-14-30-44/h3-38H,1-2H2. The molecule has 0 aromatic heterocycles. The molecule has 2 heteroatoms. The number of hydrogen-bond acceptors (Lipinski definition) is 0. The summed E-state index contributed by atoms with van der Waals surface area (Å²) >= 11 is 0. The predicted molar refractivity (Wildman–Crippen MR) is 235 cm³/mol. The normalized spacial score (nSPS) is 13.2. The first-order valence-electron chi connectivity index (χ1n) is 18.2. The van der Waals surface area contributed by atoms with Gasteiger partial charge >= 0.3 is 0 Å². The van der Waals surface area contributed by atoms with Crippen molar-refractivity contribution in [1.29, 1.82) is 0 Å². The molecular weight excluding hydrogens is 675 g/mol. The first-order chi connectivity index (χ1) is 26.1. The maximum atomic E-state index is 5.15. The Kier molecular flexibility index (Phi) is 8.40. The molecule has 0 aliphatic heterocycles. The SMILES string of the molecule is C=P(c1ccccc1)(c1ccccc1)c1cccc(C2(c3cccc(P(=C)(c4ccccc4)c4ccccc4)c3)c3ccccc3-c3ccccc32)c1. The summed E-state index contributed by atoms with van der Waals surface area (Å²) in [7, 11) is 0. The van der Waals surface area contributed by atoms with Crippen LogP contribution in [0.25, 0.3) is 11.1 Å². The summed E-state index contributed by atoms with van der Waals surface area (Å²) in [6.07, 6.45) is 10.3. The first-order valence-corrected chi connectivity index (χ1v) is 22.1. The van der Waals surface area contributed by atoms with E-state index in [1.807, 2.05) is 0 Å². The lowest BCUT2D eigenvalue weighted by atomic mass is 9.68. The van der Waals surface area contributed by atoms with Gasteiger partial charge in [-0.05, 0) is 91.1 Å². The molecule has 254 valence electrons. The van der Waals surface area contributed by atoms with Crippen molar-refractivity contribution in [2.75, 3.05) is 0 Å². The average molecular weight is 715 g/mol. The minimum atomic E-state index is -2.25. The van der Waals surface area contributed by atoms with E-state index in [9.17, 15) is 0 Å². The van der Waals surface area contributed by atoms with Crippen molar-refractivity contribution in [1.82, 2.24) is 0 Å². The zero-order chi connectivity index (χ0) is 35.9. The summed E-state index contributed by atoms with van der Waals surface area (Å²) < 4.78 is 0. The highest BCUT2D eigenvalue weighted by Gasteiger charge is 2.46. The Labute approximate surface area is 314 Å². The molecule has 0 spiro atoms. The fraction of sp³-hybridized carbons (Fsp3) is 0.0196. The van der Waals surface area contributed by atoms with E-state index in [-0.39, 0.29) is 0 Å². The molecule has 0 nitrogen and oxygen atoms in total. The zero-order valence-corrected chi connectivity index (χ0v) is 31.4. The van der Waals surface area contributed by atoms with E-state index in [1.54, 1.807) is 0 Å². The molecule has 0 amide bonds. The second-order valence-corrected chi connectivity index (χ2v) is 20.2. The van der Waals surface area contributed by atoms with Crippen LogP contribution >= 0.6 is 13.8 Å². The van der Waals surface area contributed by atoms with Crippen LogP contribution in [0, 0.1) is 0 Å². The molecule has 8 aromatic carbocycles. The first kappa shape index (κ1) is 33.2. The van der Waals surface area contributed by atoms with Gasteiger partial charge in [-0.3, -0.25) is 0 Å². The highest BCUT2D eigenvalue weighted by molar-refractivity contribution is 7.93. The van der Waals surface area contributed by atoms with E-state index >= 15 is 0 Å². The van der Waals surface area contributed by atoms with Gasteiger partial charge in [0.25, 0.3) is 0 Å². The van der Waals surface area contributed by atoms with Crippen LogP contribution in [-0.4, -0.2) is 12.6 Å². The molecule has 9 rings (SSSR count). The summed E-state index contributed by atoms with van der Waals surface area (Å²) in [5, 5.41) is 7.59. The van der Waals surface area contributed by atoms with Crippen LogP contribution in [0.2, 0.25) is 0 Å². The topological polar surface area (TPSA) is 0 Å². The van der Waals surface area contributed by atoms with E-state index in [4.69, 9.17) is 12.6 Å². The van der Waals surface area contributed by atoms with E-state index in [0.29, 0.717) is 0 Å². The van der Waals surface area contributed by atoms with Crippen molar-refractivity contribution in [3.05, 3.63) is 241 Å². The van der Waals surface area contributed by atoms with Gasteiger partial charge in [0, 0.05) is 0 Å². The van der Waals surface area contributed by atoms with Crippen molar-refractivity contribution < 1.29 is 0 Å². The van der Waals surface area contributed by atoms with Gasteiger partial charge in [-0.2, -0.15) is 0 Å². The van der Waals surface area contributed by atoms with Crippen molar-refractivity contribution >= 4 is 58.2 Å². The quantitative estimate of drug-likeness (QED) is 0.138. The van der Waals surface area contributed by atoms with Gasteiger partial charge in [0.2, 0.25) is 0 Å². The van der Waals surface area contributed by atoms with Crippen LogP contribution in [0.4, 0.5) is 0 Å². The van der Waals surface area contributed by atoms with E-state index in [1.165, 1.54) is 65.2 Å². The fourth-order valence-corrected chi connectivity index (χ4v) is 14.5. The van der Waals surface area contributed by atoms with Crippen LogP contribution < -0.4 is 31.8 Å². The molecule has 0 fully saturated rings. The maximum absolute atomic E-state index is 5.15. The van der Waals surface area contributed by atoms with Crippen LogP contribution in [0.1, 0.15) is 22.3 Å². The molecule has 1 aliphatic rings. The monoisotopic (exact) mass is 714 g/mol. The third kappa shape index (κ3) is 5.21. The number of hydrogen-bond donors (Lipinski definition) is 0. The summed E-state index contributed by atoms with van der Waals surface area (Å²) in [5.41, 5.74) is 7.08. The molecular formula is C51H40P2. The van der Waals surface area contributed by atoms with Gasteiger partial charge in [0.1, 0.15) is 0 Å². The highest BCUT2D eigenvalue weighted by Crippen LogP contribution is 2.57. The van der Waals surface area contributed by atoms with Gasteiger partial charge in [0.15, 0.2) is 0 Å². The molecule has 53 heavy (non-hydrogen) atoms. The van der Waals surface area contributed by atoms with Crippen LogP contribution in [0.15, 0.2) is 218 Å². The lowest BCUT2D eigenvalue weighted by Crippen LogP contribution is -2.33. The Morgan fingerprint density at radius 2 is 0.566 bits per heavy atom. The Balaban J connectivity index is 1.35. The maximum Gasteiger partial charge on any atom is 0.0714 e. The molecule has 0 saturated carbocycles.